The fourth-order valence-corrected chi connectivity index (χ4v) is 4.70. The number of rotatable bonds is 2. The minimum Gasteiger partial charge on any atom is -0.402 e. The van der Waals surface area contributed by atoms with Crippen LogP contribution in [0.3, 0.4) is 0 Å². The molecule has 168 valence electrons. The molecule has 2 aromatic carbocycles. The molecule has 9 heteroatoms. The van der Waals surface area contributed by atoms with Crippen LogP contribution in [0.4, 0.5) is 13.2 Å². The summed E-state index contributed by atoms with van der Waals surface area (Å²) in [5, 5.41) is 1.99. The van der Waals surface area contributed by atoms with Crippen LogP contribution >= 0.6 is 11.6 Å². The van der Waals surface area contributed by atoms with E-state index in [1.165, 1.54) is 18.5 Å². The molecular weight excluding hydrogens is 467 g/mol. The van der Waals surface area contributed by atoms with Crippen molar-refractivity contribution < 1.29 is 17.6 Å². The van der Waals surface area contributed by atoms with Gasteiger partial charge in [0.15, 0.2) is 5.82 Å². The summed E-state index contributed by atoms with van der Waals surface area (Å²) in [6.45, 7) is 1.62. The smallest absolute Gasteiger partial charge is 0.362 e. The molecule has 6 aromatic rings. The molecule has 34 heavy (non-hydrogen) atoms. The van der Waals surface area contributed by atoms with E-state index >= 15 is 0 Å². The highest BCUT2D eigenvalue weighted by molar-refractivity contribution is 6.36. The lowest BCUT2D eigenvalue weighted by Gasteiger charge is -2.11. The molecule has 0 saturated heterocycles. The molecule has 0 fully saturated rings. The number of hydrogen-bond donors (Lipinski definition) is 0. The first kappa shape index (κ1) is 20.7. The van der Waals surface area contributed by atoms with Gasteiger partial charge in [-0.1, -0.05) is 11.6 Å². The highest BCUT2D eigenvalue weighted by atomic mass is 35.5. The predicted molar refractivity (Wildman–Crippen MR) is 124 cm³/mol. The third-order valence-corrected chi connectivity index (χ3v) is 6.44. The van der Waals surface area contributed by atoms with Gasteiger partial charge in [-0.25, -0.2) is 22.9 Å². The van der Waals surface area contributed by atoms with E-state index in [9.17, 15) is 18.0 Å². The summed E-state index contributed by atoms with van der Waals surface area (Å²) in [4.78, 5) is 21.3. The van der Waals surface area contributed by atoms with Crippen LogP contribution in [0.5, 0.6) is 0 Å². The van der Waals surface area contributed by atoms with E-state index in [4.69, 9.17) is 16.0 Å². The topological polar surface area (TPSA) is 60.9 Å². The Bertz CT molecular complexity index is 1880. The SMILES string of the molecule is Cc1cc2c3c4cccnc4oc(=O)c3n(Cc3cnc4c(F)cc(F)cc4c3Cl)c2cc1F. The van der Waals surface area contributed by atoms with Gasteiger partial charge in [-0.2, -0.15) is 0 Å². The van der Waals surface area contributed by atoms with Crippen LogP contribution in [0.25, 0.3) is 43.8 Å². The quantitative estimate of drug-likeness (QED) is 0.293. The monoisotopic (exact) mass is 479 g/mol. The summed E-state index contributed by atoms with van der Waals surface area (Å²) in [5.74, 6) is -2.08. The first-order valence-corrected chi connectivity index (χ1v) is 10.6. The normalized spacial score (nSPS) is 11.9. The average molecular weight is 480 g/mol. The number of aromatic nitrogens is 3. The number of aryl methyl sites for hydroxylation is 1. The first-order chi connectivity index (χ1) is 16.3. The van der Waals surface area contributed by atoms with Crippen molar-refractivity contribution in [2.24, 2.45) is 0 Å². The Morgan fingerprint density at radius 3 is 2.68 bits per heavy atom. The van der Waals surface area contributed by atoms with Crippen molar-refractivity contribution in [1.82, 2.24) is 14.5 Å². The largest absolute Gasteiger partial charge is 0.402 e. The second kappa shape index (κ2) is 7.30. The van der Waals surface area contributed by atoms with E-state index in [0.717, 1.165) is 12.1 Å². The van der Waals surface area contributed by atoms with Crippen molar-refractivity contribution in [1.29, 1.82) is 0 Å². The predicted octanol–water partition coefficient (Wildman–Crippen LogP) is 6.27. The van der Waals surface area contributed by atoms with Crippen molar-refractivity contribution in [2.45, 2.75) is 13.5 Å². The standard InChI is InChI=1S/C25H13ClF3N3O2/c1-11-5-15-19(8-17(11)28)32(23-20(15)14-3-2-4-30-24(14)34-25(23)33)10-12-9-31-22-16(21(12)26)6-13(27)7-18(22)29/h2-9H,10H2,1H3. The Morgan fingerprint density at radius 2 is 1.85 bits per heavy atom. The minimum atomic E-state index is -0.836. The van der Waals surface area contributed by atoms with Crippen LogP contribution in [0.2, 0.25) is 5.02 Å². The lowest BCUT2D eigenvalue weighted by molar-refractivity contribution is 0.553. The lowest BCUT2D eigenvalue weighted by Crippen LogP contribution is -2.09. The van der Waals surface area contributed by atoms with Crippen LogP contribution < -0.4 is 5.63 Å². The fraction of sp³-hybridized carbons (Fsp3) is 0.0800. The maximum Gasteiger partial charge on any atom is 0.362 e. The highest BCUT2D eigenvalue weighted by Crippen LogP contribution is 2.36. The summed E-state index contributed by atoms with van der Waals surface area (Å²) in [5.41, 5.74) is 0.869. The Kier molecular flexibility index (Phi) is 4.44. The molecular formula is C25H13ClF3N3O2. The Balaban J connectivity index is 1.71. The van der Waals surface area contributed by atoms with Crippen molar-refractivity contribution in [3.63, 3.8) is 0 Å². The molecule has 0 N–H and O–H groups in total. The fourth-order valence-electron chi connectivity index (χ4n) is 4.44. The molecule has 0 unspecified atom stereocenters. The van der Waals surface area contributed by atoms with Crippen molar-refractivity contribution in [2.75, 3.05) is 0 Å². The van der Waals surface area contributed by atoms with Crippen molar-refractivity contribution >= 4 is 55.4 Å². The molecule has 0 radical (unpaired) electrons. The third kappa shape index (κ3) is 2.92. The number of fused-ring (bicyclic) bond motifs is 6. The second-order valence-electron chi connectivity index (χ2n) is 8.06. The highest BCUT2D eigenvalue weighted by Gasteiger charge is 2.22. The van der Waals surface area contributed by atoms with E-state index in [1.807, 2.05) is 0 Å². The molecule has 0 bridgehead atoms. The van der Waals surface area contributed by atoms with Gasteiger partial charge in [0, 0.05) is 45.6 Å². The number of nitrogens with zero attached hydrogens (tertiary/aromatic N) is 3. The van der Waals surface area contributed by atoms with E-state index < -0.39 is 23.1 Å². The average Bonchev–Trinajstić information content (AvgIpc) is 3.10. The number of halogens is 4. The van der Waals surface area contributed by atoms with Crippen LogP contribution in [0.15, 0.2) is 58.0 Å². The maximum absolute atomic E-state index is 14.6. The summed E-state index contributed by atoms with van der Waals surface area (Å²) in [6.07, 6.45) is 2.87. The minimum absolute atomic E-state index is 0.0149. The molecule has 0 aliphatic carbocycles. The Hall–Kier alpha value is -3.91. The van der Waals surface area contributed by atoms with Crippen LogP contribution in [0, 0.1) is 24.4 Å². The van der Waals surface area contributed by atoms with Crippen LogP contribution in [0.1, 0.15) is 11.1 Å². The van der Waals surface area contributed by atoms with Gasteiger partial charge in [0.05, 0.1) is 17.1 Å². The lowest BCUT2D eigenvalue weighted by atomic mass is 10.1. The molecule has 0 aliphatic heterocycles. The molecule has 5 nitrogen and oxygen atoms in total. The van der Waals surface area contributed by atoms with E-state index in [1.54, 1.807) is 29.7 Å². The van der Waals surface area contributed by atoms with Gasteiger partial charge in [-0.15, -0.1) is 0 Å². The van der Waals surface area contributed by atoms with Gasteiger partial charge in [0.2, 0.25) is 5.71 Å². The summed E-state index contributed by atoms with van der Waals surface area (Å²) in [7, 11) is 0. The number of benzene rings is 2. The molecule has 0 atom stereocenters. The van der Waals surface area contributed by atoms with Gasteiger partial charge in [0.25, 0.3) is 0 Å². The Labute approximate surface area is 194 Å². The summed E-state index contributed by atoms with van der Waals surface area (Å²) in [6, 6.07) is 8.32. The zero-order valence-corrected chi connectivity index (χ0v) is 18.3. The van der Waals surface area contributed by atoms with Crippen LogP contribution in [-0.4, -0.2) is 14.5 Å². The van der Waals surface area contributed by atoms with Crippen molar-refractivity contribution in [3.8, 4) is 0 Å². The molecule has 0 spiro atoms. The summed E-state index contributed by atoms with van der Waals surface area (Å²) < 4.78 is 49.7. The van der Waals surface area contributed by atoms with E-state index in [2.05, 4.69) is 9.97 Å². The molecule has 0 amide bonds. The van der Waals surface area contributed by atoms with Gasteiger partial charge in [-0.3, -0.25) is 4.98 Å². The number of pyridine rings is 2. The summed E-state index contributed by atoms with van der Waals surface area (Å²) >= 11 is 6.52. The maximum atomic E-state index is 14.6. The van der Waals surface area contributed by atoms with Crippen molar-refractivity contribution in [3.05, 3.63) is 92.8 Å². The zero-order chi connectivity index (χ0) is 23.7. The zero-order valence-electron chi connectivity index (χ0n) is 17.5. The van der Waals surface area contributed by atoms with Crippen LogP contribution in [-0.2, 0) is 6.54 Å². The third-order valence-electron chi connectivity index (χ3n) is 5.99. The Morgan fingerprint density at radius 1 is 1.03 bits per heavy atom. The van der Waals surface area contributed by atoms with Gasteiger partial charge in [-0.05, 0) is 42.8 Å². The van der Waals surface area contributed by atoms with E-state index in [0.29, 0.717) is 32.8 Å². The van der Waals surface area contributed by atoms with E-state index in [-0.39, 0.29) is 33.7 Å². The van der Waals surface area contributed by atoms with Gasteiger partial charge >= 0.3 is 5.63 Å². The van der Waals surface area contributed by atoms with Gasteiger partial charge < -0.3 is 8.98 Å². The molecule has 4 heterocycles. The molecule has 4 aromatic heterocycles. The molecule has 6 rings (SSSR count). The second-order valence-corrected chi connectivity index (χ2v) is 8.43. The van der Waals surface area contributed by atoms with Gasteiger partial charge in [0.1, 0.15) is 22.7 Å². The molecule has 0 aliphatic rings. The number of hydrogen-bond acceptors (Lipinski definition) is 4. The molecule has 0 saturated carbocycles. The first-order valence-electron chi connectivity index (χ1n) is 10.3.